The van der Waals surface area contributed by atoms with E-state index in [1.807, 2.05) is 0 Å². The molecule has 0 radical (unpaired) electrons. The normalized spacial score (nSPS) is 11.5. The molecule has 30 heavy (non-hydrogen) atoms. The summed E-state index contributed by atoms with van der Waals surface area (Å²) in [7, 11) is 0. The molecule has 0 N–H and O–H groups in total. The molecule has 2 heteroatoms. The number of fused-ring (bicyclic) bond motifs is 11. The van der Waals surface area contributed by atoms with Gasteiger partial charge in [0.1, 0.15) is 0 Å². The van der Waals surface area contributed by atoms with Gasteiger partial charge in [0.05, 0.1) is 0 Å². The first kappa shape index (κ1) is 23.0. The molecule has 2 aliphatic rings. The van der Waals surface area contributed by atoms with Gasteiger partial charge in [0.2, 0.25) is 0 Å². The quantitative estimate of drug-likeness (QED) is 0.287. The number of para-hydroxylation sites is 2. The van der Waals surface area contributed by atoms with Crippen molar-refractivity contribution in [1.82, 2.24) is 0 Å². The molecule has 0 saturated carbocycles. The highest BCUT2D eigenvalue weighted by Crippen LogP contribution is 2.45. The summed E-state index contributed by atoms with van der Waals surface area (Å²) < 4.78 is 0. The Morgan fingerprint density at radius 3 is 1.17 bits per heavy atom. The first-order valence-electron chi connectivity index (χ1n) is 9.09. The Morgan fingerprint density at radius 1 is 0.400 bits per heavy atom. The van der Waals surface area contributed by atoms with Crippen LogP contribution in [0.25, 0.3) is 22.3 Å². The summed E-state index contributed by atoms with van der Waals surface area (Å²) >= 11 is 0. The molecular weight excluding hydrogens is 361 g/mol. The average molecular weight is 393 g/mol. The average Bonchev–Trinajstić information content (AvgIpc) is 2.73. The zero-order chi connectivity index (χ0) is 17.1. The van der Waals surface area contributed by atoms with Crippen LogP contribution in [0.15, 0.2) is 97.1 Å². The van der Waals surface area contributed by atoms with E-state index < -0.39 is 0 Å². The predicted octanol–water partition coefficient (Wildman–Crippen LogP) is 7.14. The van der Waals surface area contributed by atoms with Crippen LogP contribution in [0.3, 0.4) is 0 Å². The summed E-state index contributed by atoms with van der Waals surface area (Å²) in [6.45, 7) is 0.215. The van der Waals surface area contributed by atoms with E-state index in [4.69, 9.17) is 0 Å². The Morgan fingerprint density at radius 2 is 0.733 bits per heavy atom. The SMILES string of the molecule is C.C.C.C.c1ccc2c(c1)B1c3ccccc3-c3ccccc3N1c1ccccc1-2. The van der Waals surface area contributed by atoms with Crippen molar-refractivity contribution in [1.29, 1.82) is 0 Å². The fourth-order valence-corrected chi connectivity index (χ4v) is 4.64. The maximum absolute atomic E-state index is 2.52. The number of hydrogen-bond donors (Lipinski definition) is 0. The lowest BCUT2D eigenvalue weighted by molar-refractivity contribution is 1.35. The summed E-state index contributed by atoms with van der Waals surface area (Å²) in [5.74, 6) is 0. The van der Waals surface area contributed by atoms with E-state index in [2.05, 4.69) is 102 Å². The van der Waals surface area contributed by atoms with E-state index in [1.54, 1.807) is 0 Å². The van der Waals surface area contributed by atoms with Gasteiger partial charge in [-0.2, -0.15) is 0 Å². The van der Waals surface area contributed by atoms with E-state index in [0.717, 1.165) is 0 Å². The lowest BCUT2D eigenvalue weighted by Crippen LogP contribution is -2.59. The monoisotopic (exact) mass is 393 g/mol. The summed E-state index contributed by atoms with van der Waals surface area (Å²) in [4.78, 5) is 2.52. The molecule has 0 unspecified atom stereocenters. The van der Waals surface area contributed by atoms with Gasteiger partial charge in [-0.3, -0.25) is 0 Å². The van der Waals surface area contributed by atoms with Crippen molar-refractivity contribution in [2.75, 3.05) is 4.81 Å². The van der Waals surface area contributed by atoms with E-state index in [1.165, 1.54) is 44.6 Å². The van der Waals surface area contributed by atoms with E-state index in [9.17, 15) is 0 Å². The Labute approximate surface area is 183 Å². The lowest BCUT2D eigenvalue weighted by atomic mass is 9.43. The molecule has 4 aromatic carbocycles. The van der Waals surface area contributed by atoms with Crippen LogP contribution in [0.2, 0.25) is 0 Å². The van der Waals surface area contributed by atoms with Crippen molar-refractivity contribution in [3.8, 4) is 22.3 Å². The van der Waals surface area contributed by atoms with Gasteiger partial charge in [-0.1, -0.05) is 115 Å². The summed E-state index contributed by atoms with van der Waals surface area (Å²) in [6, 6.07) is 35.3. The molecule has 0 amide bonds. The van der Waals surface area contributed by atoms with Crippen molar-refractivity contribution < 1.29 is 0 Å². The molecule has 0 spiro atoms. The summed E-state index contributed by atoms with van der Waals surface area (Å²) in [5, 5.41) is 0. The molecule has 152 valence electrons. The highest BCUT2D eigenvalue weighted by atomic mass is 15.1. The minimum atomic E-state index is 0. The third kappa shape index (κ3) is 2.95. The van der Waals surface area contributed by atoms with Gasteiger partial charge in [0, 0.05) is 22.5 Å². The molecule has 0 bridgehead atoms. The van der Waals surface area contributed by atoms with Gasteiger partial charge in [-0.15, -0.1) is 0 Å². The van der Waals surface area contributed by atoms with E-state index in [-0.39, 0.29) is 36.6 Å². The minimum absolute atomic E-state index is 0. The second-order valence-corrected chi connectivity index (χ2v) is 6.98. The Kier molecular flexibility index (Phi) is 6.62. The Balaban J connectivity index is 0.000000801. The van der Waals surface area contributed by atoms with Crippen LogP contribution >= 0.6 is 0 Å². The largest absolute Gasteiger partial charge is 0.376 e. The number of anilines is 2. The van der Waals surface area contributed by atoms with Crippen molar-refractivity contribution in [3.05, 3.63) is 97.1 Å². The van der Waals surface area contributed by atoms with Crippen LogP contribution in [0.4, 0.5) is 11.4 Å². The van der Waals surface area contributed by atoms with Gasteiger partial charge in [0.15, 0.2) is 0 Å². The standard InChI is InChI=1S/C24H16BN.4CH4/c1-5-13-21-17(9-1)19-11-3-7-15-23(19)26-24-16-8-4-12-20(24)18-10-2-6-14-22(18)25(21)26;;;;/h1-16H;4*1H4. The first-order valence-corrected chi connectivity index (χ1v) is 9.09. The fourth-order valence-electron chi connectivity index (χ4n) is 4.64. The third-order valence-corrected chi connectivity index (χ3v) is 5.68. The molecule has 0 aliphatic carbocycles. The maximum atomic E-state index is 2.52. The van der Waals surface area contributed by atoms with Crippen molar-refractivity contribution >= 4 is 29.1 Å². The minimum Gasteiger partial charge on any atom is -0.376 e. The van der Waals surface area contributed by atoms with Crippen molar-refractivity contribution in [3.63, 3.8) is 0 Å². The molecule has 1 nitrogen and oxygen atoms in total. The highest BCUT2D eigenvalue weighted by molar-refractivity contribution is 6.92. The highest BCUT2D eigenvalue weighted by Gasteiger charge is 2.41. The molecule has 2 heterocycles. The molecular formula is C28H32BN. The van der Waals surface area contributed by atoms with Gasteiger partial charge in [0.25, 0.3) is 0 Å². The maximum Gasteiger partial charge on any atom is 0.329 e. The van der Waals surface area contributed by atoms with Crippen LogP contribution in [0.5, 0.6) is 0 Å². The van der Waals surface area contributed by atoms with E-state index in [0.29, 0.717) is 0 Å². The van der Waals surface area contributed by atoms with Gasteiger partial charge >= 0.3 is 6.85 Å². The first-order chi connectivity index (χ1) is 12.9. The number of benzene rings is 4. The van der Waals surface area contributed by atoms with Crippen LogP contribution in [-0.2, 0) is 0 Å². The molecule has 0 aromatic heterocycles. The number of nitrogens with zero attached hydrogens (tertiary/aromatic N) is 1. The Bertz CT molecular complexity index is 980. The van der Waals surface area contributed by atoms with Crippen molar-refractivity contribution in [2.45, 2.75) is 29.7 Å². The lowest BCUT2D eigenvalue weighted by Gasteiger charge is -2.43. The van der Waals surface area contributed by atoms with Crippen molar-refractivity contribution in [2.24, 2.45) is 0 Å². The molecule has 0 fully saturated rings. The predicted molar refractivity (Wildman–Crippen MR) is 138 cm³/mol. The van der Waals surface area contributed by atoms with Gasteiger partial charge in [-0.25, -0.2) is 0 Å². The zero-order valence-corrected chi connectivity index (χ0v) is 14.3. The Hall–Kier alpha value is -3.26. The third-order valence-electron chi connectivity index (χ3n) is 5.68. The number of rotatable bonds is 0. The van der Waals surface area contributed by atoms with Crippen LogP contribution in [0, 0.1) is 0 Å². The molecule has 2 aliphatic heterocycles. The summed E-state index contributed by atoms with van der Waals surface area (Å²) in [6.07, 6.45) is 0. The fraction of sp³-hybridized carbons (Fsp3) is 0.143. The molecule has 0 atom stereocenters. The molecule has 4 aromatic rings. The smallest absolute Gasteiger partial charge is 0.329 e. The topological polar surface area (TPSA) is 3.24 Å². The molecule has 0 saturated heterocycles. The van der Waals surface area contributed by atoms with Gasteiger partial charge < -0.3 is 4.81 Å². The summed E-state index contributed by atoms with van der Waals surface area (Å²) in [5.41, 5.74) is 10.7. The number of hydrogen-bond acceptors (Lipinski definition) is 1. The van der Waals surface area contributed by atoms with Crippen LogP contribution in [0.1, 0.15) is 29.7 Å². The zero-order valence-electron chi connectivity index (χ0n) is 14.3. The van der Waals surface area contributed by atoms with Crippen LogP contribution in [-0.4, -0.2) is 6.85 Å². The van der Waals surface area contributed by atoms with E-state index >= 15 is 0 Å². The van der Waals surface area contributed by atoms with Crippen LogP contribution < -0.4 is 15.7 Å². The molecule has 6 rings (SSSR count). The second-order valence-electron chi connectivity index (χ2n) is 6.98. The van der Waals surface area contributed by atoms with Gasteiger partial charge in [-0.05, 0) is 34.2 Å². The second kappa shape index (κ2) is 8.63.